The molecule has 0 atom stereocenters. The molecule has 1 saturated carbocycles. The summed E-state index contributed by atoms with van der Waals surface area (Å²) in [6, 6.07) is -0.651. The number of alkyl halides is 2. The van der Waals surface area contributed by atoms with Gasteiger partial charge in [0, 0.05) is 24.3 Å². The van der Waals surface area contributed by atoms with Crippen molar-refractivity contribution in [2.24, 2.45) is 11.8 Å². The van der Waals surface area contributed by atoms with E-state index in [1.54, 1.807) is 6.08 Å². The van der Waals surface area contributed by atoms with Crippen molar-refractivity contribution in [2.45, 2.75) is 51.2 Å². The van der Waals surface area contributed by atoms with E-state index >= 15 is 0 Å². The third kappa shape index (κ3) is 7.38. The van der Waals surface area contributed by atoms with Crippen LogP contribution >= 0.6 is 0 Å². The summed E-state index contributed by atoms with van der Waals surface area (Å²) >= 11 is 0. The zero-order chi connectivity index (χ0) is 28.0. The van der Waals surface area contributed by atoms with Gasteiger partial charge in [0.05, 0.1) is 11.5 Å². The molecule has 1 aliphatic carbocycles. The Balaban J connectivity index is 1.65. The van der Waals surface area contributed by atoms with Crippen LogP contribution in [0.1, 0.15) is 44.1 Å². The first-order chi connectivity index (χ1) is 17.9. The molecule has 1 aliphatic rings. The van der Waals surface area contributed by atoms with Crippen LogP contribution in [-0.2, 0) is 6.61 Å². The highest BCUT2D eigenvalue weighted by Gasteiger charge is 2.44. The van der Waals surface area contributed by atoms with Crippen molar-refractivity contribution < 1.29 is 53.7 Å². The highest BCUT2D eigenvalue weighted by Crippen LogP contribution is 2.41. The first kappa shape index (κ1) is 29.2. The van der Waals surface area contributed by atoms with E-state index in [-0.39, 0.29) is 12.8 Å². The lowest BCUT2D eigenvalue weighted by atomic mass is 9.79. The first-order valence-corrected chi connectivity index (χ1v) is 11.6. The highest BCUT2D eigenvalue weighted by atomic mass is 19.3. The van der Waals surface area contributed by atoms with E-state index in [9.17, 15) is 39.5 Å². The van der Waals surface area contributed by atoms with Crippen LogP contribution in [0.4, 0.5) is 39.5 Å². The van der Waals surface area contributed by atoms with Gasteiger partial charge in [-0.2, -0.15) is 22.0 Å². The van der Waals surface area contributed by atoms with Gasteiger partial charge in [0.2, 0.25) is 5.75 Å². The standard InChI is InChI=1S/C26H23F9O3/c1-2-3-4-14-5-7-15(8-6-14)26(34,35)38-17-11-19(27)18(20(28)12-17)13-36-16-9-21(29)23(22(30)10-16)37-25(33)24(31)32/h2,9-12,14-15H,1,3-8,13H2. The molecule has 0 saturated heterocycles. The Bertz CT molecular complexity index is 1120. The van der Waals surface area contributed by atoms with E-state index in [4.69, 9.17) is 4.74 Å². The average molecular weight is 554 g/mol. The van der Waals surface area contributed by atoms with Crippen LogP contribution in [0, 0.1) is 35.1 Å². The molecule has 0 N–H and O–H groups in total. The molecule has 0 amide bonds. The second kappa shape index (κ2) is 12.5. The molecule has 208 valence electrons. The van der Waals surface area contributed by atoms with Gasteiger partial charge >= 0.3 is 18.2 Å². The summed E-state index contributed by atoms with van der Waals surface area (Å²) < 4.78 is 137. The monoisotopic (exact) mass is 554 g/mol. The number of ether oxygens (including phenoxy) is 3. The molecule has 1 fully saturated rings. The summed E-state index contributed by atoms with van der Waals surface area (Å²) in [7, 11) is 0. The molecule has 3 nitrogen and oxygen atoms in total. The van der Waals surface area contributed by atoms with Gasteiger partial charge in [0.1, 0.15) is 29.7 Å². The third-order valence-corrected chi connectivity index (χ3v) is 6.16. The highest BCUT2D eigenvalue weighted by molar-refractivity contribution is 5.36. The van der Waals surface area contributed by atoms with Crippen LogP contribution in [0.15, 0.2) is 49.0 Å². The van der Waals surface area contributed by atoms with Crippen molar-refractivity contribution in [3.05, 3.63) is 77.8 Å². The molecule has 0 aromatic heterocycles. The van der Waals surface area contributed by atoms with E-state index in [1.807, 2.05) is 0 Å². The summed E-state index contributed by atoms with van der Waals surface area (Å²) in [5.41, 5.74) is -0.766. The number of hydrogen-bond acceptors (Lipinski definition) is 3. The molecule has 38 heavy (non-hydrogen) atoms. The molecule has 12 heteroatoms. The maximum Gasteiger partial charge on any atom is 0.400 e. The lowest BCUT2D eigenvalue weighted by Gasteiger charge is -2.33. The minimum Gasteiger partial charge on any atom is -0.488 e. The second-order valence-electron chi connectivity index (χ2n) is 8.75. The molecule has 2 aromatic rings. The summed E-state index contributed by atoms with van der Waals surface area (Å²) in [6.07, 6.45) is -1.68. The topological polar surface area (TPSA) is 27.7 Å². The third-order valence-electron chi connectivity index (χ3n) is 6.16. The molecule has 0 bridgehead atoms. The Morgan fingerprint density at radius 3 is 1.95 bits per heavy atom. The lowest BCUT2D eigenvalue weighted by molar-refractivity contribution is -0.223. The Hall–Kier alpha value is -3.31. The van der Waals surface area contributed by atoms with Crippen molar-refractivity contribution in [2.75, 3.05) is 0 Å². The predicted molar refractivity (Wildman–Crippen MR) is 118 cm³/mol. The maximum absolute atomic E-state index is 14.7. The SMILES string of the molecule is C=CCCC1CCC(C(F)(F)Oc2cc(F)c(COc3cc(F)c(OC(F)=C(F)F)c(F)c3)c(F)c2)CC1. The number of benzene rings is 2. The fourth-order valence-corrected chi connectivity index (χ4v) is 4.16. The summed E-state index contributed by atoms with van der Waals surface area (Å²) in [5, 5.41) is 0. The van der Waals surface area contributed by atoms with Crippen LogP contribution in [0.3, 0.4) is 0 Å². The van der Waals surface area contributed by atoms with E-state index in [0.717, 1.165) is 12.8 Å². The van der Waals surface area contributed by atoms with Gasteiger partial charge in [0.25, 0.3) is 0 Å². The van der Waals surface area contributed by atoms with Gasteiger partial charge in [-0.3, -0.25) is 0 Å². The summed E-state index contributed by atoms with van der Waals surface area (Å²) in [6.45, 7) is 2.70. The quantitative estimate of drug-likeness (QED) is 0.158. The largest absolute Gasteiger partial charge is 0.488 e. The Morgan fingerprint density at radius 1 is 0.868 bits per heavy atom. The zero-order valence-corrected chi connectivity index (χ0v) is 19.8. The molecule has 0 heterocycles. The number of rotatable bonds is 11. The van der Waals surface area contributed by atoms with Crippen molar-refractivity contribution >= 4 is 0 Å². The van der Waals surface area contributed by atoms with E-state index in [2.05, 4.69) is 16.1 Å². The molecule has 3 rings (SSSR count). The Kier molecular flexibility index (Phi) is 9.61. The summed E-state index contributed by atoms with van der Waals surface area (Å²) in [4.78, 5) is 0. The van der Waals surface area contributed by atoms with Gasteiger partial charge in [-0.15, -0.1) is 6.58 Å². The normalized spacial score (nSPS) is 17.6. The minimum atomic E-state index is -3.67. The van der Waals surface area contributed by atoms with Gasteiger partial charge in [-0.1, -0.05) is 6.08 Å². The molecule has 0 unspecified atom stereocenters. The lowest BCUT2D eigenvalue weighted by Crippen LogP contribution is -2.37. The maximum atomic E-state index is 14.7. The van der Waals surface area contributed by atoms with E-state index in [1.165, 1.54) is 0 Å². The molecular weight excluding hydrogens is 531 g/mol. The molecule has 0 spiro atoms. The fourth-order valence-electron chi connectivity index (χ4n) is 4.16. The first-order valence-electron chi connectivity index (χ1n) is 11.6. The molecule has 0 aliphatic heterocycles. The van der Waals surface area contributed by atoms with Crippen LogP contribution < -0.4 is 14.2 Å². The van der Waals surface area contributed by atoms with Gasteiger partial charge in [0.15, 0.2) is 11.6 Å². The number of halogens is 9. The van der Waals surface area contributed by atoms with Crippen molar-refractivity contribution in [1.29, 1.82) is 0 Å². The number of hydrogen-bond donors (Lipinski definition) is 0. The molecule has 2 aromatic carbocycles. The number of allylic oxidation sites excluding steroid dienone is 1. The average Bonchev–Trinajstić information content (AvgIpc) is 2.84. The van der Waals surface area contributed by atoms with Gasteiger partial charge in [-0.05, 0) is 44.4 Å². The Morgan fingerprint density at radius 2 is 1.42 bits per heavy atom. The smallest absolute Gasteiger partial charge is 0.400 e. The van der Waals surface area contributed by atoms with Crippen LogP contribution in [0.5, 0.6) is 17.2 Å². The molecule has 0 radical (unpaired) electrons. The Labute approximate surface area is 212 Å². The van der Waals surface area contributed by atoms with Gasteiger partial charge < -0.3 is 14.2 Å². The van der Waals surface area contributed by atoms with E-state index < -0.39 is 76.8 Å². The van der Waals surface area contributed by atoms with Crippen LogP contribution in [0.2, 0.25) is 0 Å². The van der Waals surface area contributed by atoms with Crippen molar-refractivity contribution in [1.82, 2.24) is 0 Å². The van der Waals surface area contributed by atoms with Crippen molar-refractivity contribution in [3.8, 4) is 17.2 Å². The molecular formula is C26H23F9O3. The van der Waals surface area contributed by atoms with Crippen LogP contribution in [0.25, 0.3) is 0 Å². The minimum absolute atomic E-state index is 0.189. The van der Waals surface area contributed by atoms with E-state index in [0.29, 0.717) is 43.0 Å². The van der Waals surface area contributed by atoms with Crippen LogP contribution in [-0.4, -0.2) is 6.11 Å². The van der Waals surface area contributed by atoms with Gasteiger partial charge in [-0.25, -0.2) is 17.6 Å². The zero-order valence-electron chi connectivity index (χ0n) is 19.8. The second-order valence-corrected chi connectivity index (χ2v) is 8.75. The summed E-state index contributed by atoms with van der Waals surface area (Å²) in [5.74, 6) is -9.65. The fraction of sp³-hybridized carbons (Fsp3) is 0.385. The predicted octanol–water partition coefficient (Wildman–Crippen LogP) is 8.98. The van der Waals surface area contributed by atoms with Crippen molar-refractivity contribution in [3.63, 3.8) is 0 Å².